The SMILES string of the molecule is COCCCOc1cc(C(=O)O)nc2c(C)cccc12. The van der Waals surface area contributed by atoms with Crippen molar-refractivity contribution in [2.45, 2.75) is 13.3 Å². The van der Waals surface area contributed by atoms with E-state index in [9.17, 15) is 4.79 Å². The van der Waals surface area contributed by atoms with E-state index in [4.69, 9.17) is 14.6 Å². The number of carbonyl (C=O) groups is 1. The topological polar surface area (TPSA) is 68.7 Å². The minimum Gasteiger partial charge on any atom is -0.493 e. The Hall–Kier alpha value is -2.14. The molecule has 0 saturated heterocycles. The highest BCUT2D eigenvalue weighted by atomic mass is 16.5. The number of nitrogens with zero attached hydrogens (tertiary/aromatic N) is 1. The fourth-order valence-electron chi connectivity index (χ4n) is 1.98. The molecule has 2 rings (SSSR count). The number of para-hydroxylation sites is 1. The zero-order chi connectivity index (χ0) is 14.5. The molecule has 0 spiro atoms. The standard InChI is InChI=1S/C15H17NO4/c1-10-5-3-6-11-13(20-8-4-7-19-2)9-12(15(17)18)16-14(10)11/h3,5-6,9H,4,7-8H2,1-2H3,(H,17,18). The van der Waals surface area contributed by atoms with Gasteiger partial charge in [-0.3, -0.25) is 0 Å². The van der Waals surface area contributed by atoms with Crippen LogP contribution in [0, 0.1) is 6.92 Å². The lowest BCUT2D eigenvalue weighted by molar-refractivity contribution is 0.0690. The molecule has 0 unspecified atom stereocenters. The Kier molecular flexibility index (Phi) is 4.53. The van der Waals surface area contributed by atoms with Crippen molar-refractivity contribution in [3.8, 4) is 5.75 Å². The summed E-state index contributed by atoms with van der Waals surface area (Å²) in [4.78, 5) is 15.3. The summed E-state index contributed by atoms with van der Waals surface area (Å²) in [5.41, 5.74) is 1.58. The highest BCUT2D eigenvalue weighted by Gasteiger charge is 2.13. The lowest BCUT2D eigenvalue weighted by Gasteiger charge is -2.11. The molecule has 0 amide bonds. The Bertz CT molecular complexity index is 625. The van der Waals surface area contributed by atoms with Crippen molar-refractivity contribution < 1.29 is 19.4 Å². The van der Waals surface area contributed by atoms with Gasteiger partial charge in [0.1, 0.15) is 5.75 Å². The fraction of sp³-hybridized carbons (Fsp3) is 0.333. The molecule has 0 bridgehead atoms. The molecular formula is C15H17NO4. The number of aromatic nitrogens is 1. The van der Waals surface area contributed by atoms with Crippen molar-refractivity contribution in [3.63, 3.8) is 0 Å². The highest BCUT2D eigenvalue weighted by molar-refractivity contribution is 5.94. The summed E-state index contributed by atoms with van der Waals surface area (Å²) < 4.78 is 10.6. The van der Waals surface area contributed by atoms with E-state index in [2.05, 4.69) is 4.98 Å². The van der Waals surface area contributed by atoms with Gasteiger partial charge in [0, 0.05) is 31.6 Å². The quantitative estimate of drug-likeness (QED) is 0.821. The van der Waals surface area contributed by atoms with Crippen LogP contribution in [-0.4, -0.2) is 36.4 Å². The molecule has 1 N–H and O–H groups in total. The van der Waals surface area contributed by atoms with Crippen LogP contribution in [0.4, 0.5) is 0 Å². The lowest BCUT2D eigenvalue weighted by Crippen LogP contribution is -2.06. The van der Waals surface area contributed by atoms with Crippen LogP contribution in [0.5, 0.6) is 5.75 Å². The minimum atomic E-state index is -1.06. The molecule has 2 aromatic rings. The second kappa shape index (κ2) is 6.34. The normalized spacial score (nSPS) is 10.7. The van der Waals surface area contributed by atoms with Crippen LogP contribution >= 0.6 is 0 Å². The van der Waals surface area contributed by atoms with Crippen LogP contribution in [0.2, 0.25) is 0 Å². The molecule has 5 nitrogen and oxygen atoms in total. The Morgan fingerprint density at radius 2 is 2.15 bits per heavy atom. The first-order chi connectivity index (χ1) is 9.63. The van der Waals surface area contributed by atoms with Gasteiger partial charge in [-0.2, -0.15) is 0 Å². The highest BCUT2D eigenvalue weighted by Crippen LogP contribution is 2.27. The van der Waals surface area contributed by atoms with Gasteiger partial charge in [0.15, 0.2) is 5.69 Å². The van der Waals surface area contributed by atoms with Gasteiger partial charge in [0.25, 0.3) is 0 Å². The van der Waals surface area contributed by atoms with Crippen LogP contribution in [0.15, 0.2) is 24.3 Å². The first-order valence-electron chi connectivity index (χ1n) is 6.39. The molecule has 1 aromatic carbocycles. The van der Waals surface area contributed by atoms with Crippen LogP contribution in [-0.2, 0) is 4.74 Å². The molecule has 0 radical (unpaired) electrons. The second-order valence-electron chi connectivity index (χ2n) is 4.48. The van der Waals surface area contributed by atoms with E-state index in [1.807, 2.05) is 25.1 Å². The molecule has 0 atom stereocenters. The average molecular weight is 275 g/mol. The predicted octanol–water partition coefficient (Wildman–Crippen LogP) is 2.66. The summed E-state index contributed by atoms with van der Waals surface area (Å²) in [6, 6.07) is 7.15. The first kappa shape index (κ1) is 14.3. The first-order valence-corrected chi connectivity index (χ1v) is 6.39. The monoisotopic (exact) mass is 275 g/mol. The van der Waals surface area contributed by atoms with E-state index in [-0.39, 0.29) is 5.69 Å². The van der Waals surface area contributed by atoms with Crippen molar-refractivity contribution in [1.29, 1.82) is 0 Å². The smallest absolute Gasteiger partial charge is 0.354 e. The van der Waals surface area contributed by atoms with E-state index in [1.165, 1.54) is 6.07 Å². The maximum Gasteiger partial charge on any atom is 0.354 e. The molecule has 0 aliphatic heterocycles. The molecule has 0 aliphatic rings. The van der Waals surface area contributed by atoms with Gasteiger partial charge in [-0.05, 0) is 18.6 Å². The van der Waals surface area contributed by atoms with Crippen LogP contribution < -0.4 is 4.74 Å². The summed E-state index contributed by atoms with van der Waals surface area (Å²) in [6.07, 6.45) is 0.745. The molecule has 0 saturated carbocycles. The van der Waals surface area contributed by atoms with Crippen molar-refractivity contribution in [1.82, 2.24) is 4.98 Å². The summed E-state index contributed by atoms with van der Waals surface area (Å²) >= 11 is 0. The van der Waals surface area contributed by atoms with Gasteiger partial charge in [0.05, 0.1) is 12.1 Å². The van der Waals surface area contributed by atoms with Gasteiger partial charge in [-0.1, -0.05) is 12.1 Å². The third kappa shape index (κ3) is 3.05. The van der Waals surface area contributed by atoms with E-state index >= 15 is 0 Å². The Labute approximate surface area is 117 Å². The van der Waals surface area contributed by atoms with Crippen molar-refractivity contribution in [2.24, 2.45) is 0 Å². The van der Waals surface area contributed by atoms with E-state index in [1.54, 1.807) is 7.11 Å². The molecule has 106 valence electrons. The zero-order valence-corrected chi connectivity index (χ0v) is 11.5. The van der Waals surface area contributed by atoms with Crippen LogP contribution in [0.25, 0.3) is 10.9 Å². The van der Waals surface area contributed by atoms with Gasteiger partial charge in [-0.15, -0.1) is 0 Å². The molecule has 1 heterocycles. The third-order valence-electron chi connectivity index (χ3n) is 2.97. The number of aryl methyl sites for hydroxylation is 1. The van der Waals surface area contributed by atoms with E-state index in [0.29, 0.717) is 24.5 Å². The van der Waals surface area contributed by atoms with Crippen LogP contribution in [0.3, 0.4) is 0 Å². The summed E-state index contributed by atoms with van der Waals surface area (Å²) in [6.45, 7) is 2.98. The van der Waals surface area contributed by atoms with E-state index in [0.717, 1.165) is 17.4 Å². The van der Waals surface area contributed by atoms with E-state index < -0.39 is 5.97 Å². The molecule has 20 heavy (non-hydrogen) atoms. The lowest BCUT2D eigenvalue weighted by atomic mass is 10.1. The number of hydrogen-bond acceptors (Lipinski definition) is 4. The minimum absolute atomic E-state index is 0.00598. The number of rotatable bonds is 6. The number of methoxy groups -OCH3 is 1. The van der Waals surface area contributed by atoms with Crippen molar-refractivity contribution >= 4 is 16.9 Å². The number of aromatic carboxylic acids is 1. The maximum absolute atomic E-state index is 11.1. The number of fused-ring (bicyclic) bond motifs is 1. The summed E-state index contributed by atoms with van der Waals surface area (Å²) in [5, 5.41) is 9.96. The Morgan fingerprint density at radius 1 is 1.35 bits per heavy atom. The van der Waals surface area contributed by atoms with Gasteiger partial charge in [0.2, 0.25) is 0 Å². The maximum atomic E-state index is 11.1. The number of pyridine rings is 1. The largest absolute Gasteiger partial charge is 0.493 e. The number of carboxylic acid groups (broad SMARTS) is 1. The summed E-state index contributed by atoms with van der Waals surface area (Å²) in [7, 11) is 1.63. The van der Waals surface area contributed by atoms with Gasteiger partial charge >= 0.3 is 5.97 Å². The van der Waals surface area contributed by atoms with Crippen molar-refractivity contribution in [3.05, 3.63) is 35.5 Å². The second-order valence-corrected chi connectivity index (χ2v) is 4.48. The third-order valence-corrected chi connectivity index (χ3v) is 2.97. The fourth-order valence-corrected chi connectivity index (χ4v) is 1.98. The number of carboxylic acids is 1. The molecule has 1 aromatic heterocycles. The zero-order valence-electron chi connectivity index (χ0n) is 11.5. The van der Waals surface area contributed by atoms with Gasteiger partial charge < -0.3 is 14.6 Å². The molecular weight excluding hydrogens is 258 g/mol. The molecule has 0 aliphatic carbocycles. The van der Waals surface area contributed by atoms with Gasteiger partial charge in [-0.25, -0.2) is 9.78 Å². The number of benzene rings is 1. The number of ether oxygens (including phenoxy) is 2. The van der Waals surface area contributed by atoms with Crippen molar-refractivity contribution in [2.75, 3.05) is 20.3 Å². The molecule has 0 fully saturated rings. The average Bonchev–Trinajstić information content (AvgIpc) is 2.44. The Balaban J connectivity index is 2.40. The van der Waals surface area contributed by atoms with Crippen LogP contribution in [0.1, 0.15) is 22.5 Å². The predicted molar refractivity (Wildman–Crippen MR) is 75.4 cm³/mol. The molecule has 5 heteroatoms. The number of hydrogen-bond donors (Lipinski definition) is 1. The Morgan fingerprint density at radius 3 is 2.85 bits per heavy atom. The summed E-state index contributed by atoms with van der Waals surface area (Å²) in [5.74, 6) is -0.510.